The number of hydrogen-bond acceptors (Lipinski definition) is 7. The van der Waals surface area contributed by atoms with Gasteiger partial charge in [0.25, 0.3) is 0 Å². The van der Waals surface area contributed by atoms with Crippen LogP contribution in [0.2, 0.25) is 0 Å². The Morgan fingerprint density at radius 1 is 1.29 bits per heavy atom. The summed E-state index contributed by atoms with van der Waals surface area (Å²) in [6, 6.07) is 8.47. The Balaban J connectivity index is 1.66. The summed E-state index contributed by atoms with van der Waals surface area (Å²) in [4.78, 5) is 36.6. The predicted octanol–water partition coefficient (Wildman–Crippen LogP) is 1.13. The van der Waals surface area contributed by atoms with E-state index in [2.05, 4.69) is 5.32 Å². The highest BCUT2D eigenvalue weighted by Gasteiger charge is 2.57. The van der Waals surface area contributed by atoms with Gasteiger partial charge in [-0.25, -0.2) is 4.79 Å². The zero-order valence-electron chi connectivity index (χ0n) is 14.9. The number of β-lactam (4-membered cyclic amide) rings is 1. The highest BCUT2D eigenvalue weighted by molar-refractivity contribution is 8.22. The third-order valence-corrected chi connectivity index (χ3v) is 7.29. The molecule has 2 aliphatic rings. The summed E-state index contributed by atoms with van der Waals surface area (Å²) >= 11 is 2.29. The standard InChI is InChI=1S/C18H20N2O6S2/c1-9(21)12-14(22)20-13(17(25)26)18(28-15(12)20)27-8-11(16(23)24)19-7-10-5-3-2-4-6-10/h2-6,9,11-12,15,19,21H,7-8H2,1H3,(H,23,24)(H,25,26)/t9?,11-,12+,15-/m1/s1. The lowest BCUT2D eigenvalue weighted by Gasteiger charge is -2.43. The molecule has 4 atom stereocenters. The number of carbonyl (C=O) groups is 3. The van der Waals surface area contributed by atoms with Crippen molar-refractivity contribution in [2.75, 3.05) is 5.75 Å². The minimum Gasteiger partial charge on any atom is -0.480 e. The average molecular weight is 425 g/mol. The maximum atomic E-state index is 12.2. The summed E-state index contributed by atoms with van der Waals surface area (Å²) in [6.07, 6.45) is -0.875. The van der Waals surface area contributed by atoms with Gasteiger partial charge in [0.15, 0.2) is 5.70 Å². The molecule has 1 amide bonds. The highest BCUT2D eigenvalue weighted by atomic mass is 32.2. The number of aliphatic hydroxyl groups excluding tert-OH is 1. The molecular formula is C18H20N2O6S2. The minimum atomic E-state index is -1.24. The Kier molecular flexibility index (Phi) is 6.33. The van der Waals surface area contributed by atoms with Crippen LogP contribution < -0.4 is 5.32 Å². The molecule has 4 N–H and O–H groups in total. The molecule has 8 nitrogen and oxygen atoms in total. The van der Waals surface area contributed by atoms with Gasteiger partial charge in [0.05, 0.1) is 16.3 Å². The monoisotopic (exact) mass is 424 g/mol. The van der Waals surface area contributed by atoms with Crippen LogP contribution in [0, 0.1) is 5.92 Å². The molecule has 1 fully saturated rings. The van der Waals surface area contributed by atoms with Gasteiger partial charge in [0.2, 0.25) is 5.91 Å². The normalized spacial score (nSPS) is 23.2. The van der Waals surface area contributed by atoms with Crippen LogP contribution >= 0.6 is 23.5 Å². The van der Waals surface area contributed by atoms with Crippen molar-refractivity contribution in [1.29, 1.82) is 0 Å². The van der Waals surface area contributed by atoms with E-state index in [4.69, 9.17) is 0 Å². The number of hydrogen-bond donors (Lipinski definition) is 4. The van der Waals surface area contributed by atoms with Gasteiger partial charge in [0, 0.05) is 12.3 Å². The first-order chi connectivity index (χ1) is 13.3. The molecule has 1 unspecified atom stereocenters. The fourth-order valence-corrected chi connectivity index (χ4v) is 6.06. The molecule has 2 heterocycles. The number of carbonyl (C=O) groups excluding carboxylic acids is 1. The first-order valence-electron chi connectivity index (χ1n) is 8.59. The van der Waals surface area contributed by atoms with E-state index in [-0.39, 0.29) is 11.4 Å². The molecule has 150 valence electrons. The van der Waals surface area contributed by atoms with Crippen LogP contribution in [-0.2, 0) is 20.9 Å². The van der Waals surface area contributed by atoms with Gasteiger partial charge in [-0.3, -0.25) is 19.8 Å². The number of nitrogens with zero attached hydrogens (tertiary/aromatic N) is 1. The van der Waals surface area contributed by atoms with Gasteiger partial charge < -0.3 is 15.3 Å². The Hall–Kier alpha value is -2.01. The van der Waals surface area contributed by atoms with E-state index in [9.17, 15) is 29.7 Å². The third kappa shape index (κ3) is 4.04. The molecule has 0 spiro atoms. The summed E-state index contributed by atoms with van der Waals surface area (Å²) < 4.78 is 0.391. The average Bonchev–Trinajstić information content (AvgIpc) is 2.96. The van der Waals surface area contributed by atoms with Crippen molar-refractivity contribution in [2.24, 2.45) is 5.92 Å². The van der Waals surface area contributed by atoms with Crippen LogP contribution in [0.4, 0.5) is 0 Å². The largest absolute Gasteiger partial charge is 0.480 e. The fraction of sp³-hybridized carbons (Fsp3) is 0.389. The number of rotatable bonds is 9. The Morgan fingerprint density at radius 2 is 1.96 bits per heavy atom. The molecule has 0 radical (unpaired) electrons. The summed E-state index contributed by atoms with van der Waals surface area (Å²) in [7, 11) is 0. The minimum absolute atomic E-state index is 0.107. The van der Waals surface area contributed by atoms with Gasteiger partial charge in [0.1, 0.15) is 11.4 Å². The van der Waals surface area contributed by atoms with Crippen molar-refractivity contribution >= 4 is 41.4 Å². The SMILES string of the molecule is CC(O)[C@H]1C(=O)N2C(C(=O)O)=C(SC[C@@H](NCc3ccccc3)C(=O)O)S[C@H]12. The summed E-state index contributed by atoms with van der Waals surface area (Å²) in [5, 5.41) is 31.2. The molecule has 1 aromatic rings. The van der Waals surface area contributed by atoms with E-state index in [1.54, 1.807) is 0 Å². The quantitative estimate of drug-likeness (QED) is 0.431. The second kappa shape index (κ2) is 8.56. The Labute approximate surface area is 170 Å². The summed E-state index contributed by atoms with van der Waals surface area (Å²) in [5.74, 6) is -3.24. The molecule has 0 saturated carbocycles. The lowest BCUT2D eigenvalue weighted by atomic mass is 9.92. The second-order valence-electron chi connectivity index (χ2n) is 6.49. The fourth-order valence-electron chi connectivity index (χ4n) is 3.06. The van der Waals surface area contributed by atoms with Crippen LogP contribution in [0.5, 0.6) is 0 Å². The van der Waals surface area contributed by atoms with Gasteiger partial charge in [-0.05, 0) is 12.5 Å². The molecule has 0 aliphatic carbocycles. The maximum Gasteiger partial charge on any atom is 0.354 e. The number of thioether (sulfide) groups is 2. The molecule has 0 bridgehead atoms. The predicted molar refractivity (Wildman–Crippen MR) is 105 cm³/mol. The van der Waals surface area contributed by atoms with E-state index in [1.807, 2.05) is 30.3 Å². The molecule has 2 aliphatic heterocycles. The smallest absolute Gasteiger partial charge is 0.354 e. The lowest BCUT2D eigenvalue weighted by molar-refractivity contribution is -0.156. The molecule has 0 aromatic heterocycles. The topological polar surface area (TPSA) is 127 Å². The number of carboxylic acid groups (broad SMARTS) is 2. The van der Waals surface area contributed by atoms with Crippen molar-refractivity contribution < 1.29 is 29.7 Å². The zero-order chi connectivity index (χ0) is 20.4. The van der Waals surface area contributed by atoms with E-state index in [1.165, 1.54) is 23.6 Å². The first-order valence-corrected chi connectivity index (χ1v) is 10.5. The Morgan fingerprint density at radius 3 is 2.54 bits per heavy atom. The van der Waals surface area contributed by atoms with Crippen molar-refractivity contribution in [2.45, 2.75) is 31.0 Å². The maximum absolute atomic E-state index is 12.2. The van der Waals surface area contributed by atoms with Gasteiger partial charge in [-0.1, -0.05) is 42.1 Å². The molecule has 1 saturated heterocycles. The van der Waals surface area contributed by atoms with Crippen LogP contribution in [0.3, 0.4) is 0 Å². The summed E-state index contributed by atoms with van der Waals surface area (Å²) in [5.41, 5.74) is 0.808. The number of aliphatic carboxylic acids is 2. The number of amides is 1. The molecule has 28 heavy (non-hydrogen) atoms. The van der Waals surface area contributed by atoms with E-state index in [0.29, 0.717) is 10.8 Å². The van der Waals surface area contributed by atoms with E-state index < -0.39 is 41.3 Å². The van der Waals surface area contributed by atoms with Crippen LogP contribution in [0.15, 0.2) is 40.3 Å². The lowest BCUT2D eigenvalue weighted by Crippen LogP contribution is -2.60. The Bertz CT molecular complexity index is 814. The second-order valence-corrected chi connectivity index (χ2v) is 8.91. The van der Waals surface area contributed by atoms with E-state index >= 15 is 0 Å². The van der Waals surface area contributed by atoms with Gasteiger partial charge in [-0.15, -0.1) is 11.8 Å². The van der Waals surface area contributed by atoms with Crippen LogP contribution in [0.25, 0.3) is 0 Å². The number of aliphatic hydroxyl groups is 1. The van der Waals surface area contributed by atoms with Gasteiger partial charge >= 0.3 is 11.9 Å². The zero-order valence-corrected chi connectivity index (χ0v) is 16.6. The van der Waals surface area contributed by atoms with Crippen LogP contribution in [0.1, 0.15) is 12.5 Å². The van der Waals surface area contributed by atoms with Crippen molar-refractivity contribution in [1.82, 2.24) is 10.2 Å². The van der Waals surface area contributed by atoms with E-state index in [0.717, 1.165) is 17.3 Å². The number of carboxylic acids is 2. The van der Waals surface area contributed by atoms with Crippen molar-refractivity contribution in [3.8, 4) is 0 Å². The number of fused-ring (bicyclic) bond motifs is 1. The molecular weight excluding hydrogens is 404 g/mol. The highest BCUT2D eigenvalue weighted by Crippen LogP contribution is 2.53. The third-order valence-electron chi connectivity index (χ3n) is 4.54. The first kappa shape index (κ1) is 20.7. The molecule has 3 rings (SSSR count). The van der Waals surface area contributed by atoms with Crippen LogP contribution in [-0.4, -0.2) is 61.3 Å². The number of benzene rings is 1. The number of nitrogens with one attached hydrogen (secondary N) is 1. The summed E-state index contributed by atoms with van der Waals surface area (Å²) in [6.45, 7) is 1.87. The van der Waals surface area contributed by atoms with Crippen molar-refractivity contribution in [3.63, 3.8) is 0 Å². The molecule has 1 aromatic carbocycles. The van der Waals surface area contributed by atoms with Gasteiger partial charge in [-0.2, -0.15) is 0 Å². The molecule has 10 heteroatoms. The van der Waals surface area contributed by atoms with Crippen molar-refractivity contribution in [3.05, 3.63) is 45.8 Å².